The number of amides is 1. The molecule has 2 aliphatic rings. The number of carbonyl (C=O) groups excluding carboxylic acids is 2. The molecule has 1 heterocycles. The van der Waals surface area contributed by atoms with Crippen LogP contribution in [0.4, 0.5) is 10.5 Å². The van der Waals surface area contributed by atoms with Gasteiger partial charge in [-0.05, 0) is 25.1 Å². The summed E-state index contributed by atoms with van der Waals surface area (Å²) in [6.45, 7) is 2.42. The van der Waals surface area contributed by atoms with Gasteiger partial charge in [-0.2, -0.15) is 0 Å². The Morgan fingerprint density at radius 2 is 1.89 bits per heavy atom. The van der Waals surface area contributed by atoms with Crippen molar-refractivity contribution in [2.24, 2.45) is 16.8 Å². The molecule has 0 saturated carbocycles. The van der Waals surface area contributed by atoms with E-state index in [1.54, 1.807) is 23.1 Å². The van der Waals surface area contributed by atoms with Gasteiger partial charge in [0, 0.05) is 18.4 Å². The summed E-state index contributed by atoms with van der Waals surface area (Å²) < 4.78 is 9.79. The molecule has 0 N–H and O–H groups in total. The standard InChI is InChI=1S/C19H20Cl2N2O4/c1-10-7-15(22-17-13(20)5-4-6-14(17)21)18-11(8-16(24)26-2)12(10)9-23(18)19(25)27-3/h4-7,11-12,18H,8-9H2,1-3H3/t11-,12+,18+/m0/s1. The third kappa shape index (κ3) is 3.69. The maximum atomic E-state index is 12.4. The van der Waals surface area contributed by atoms with Crippen molar-refractivity contribution < 1.29 is 19.1 Å². The van der Waals surface area contributed by atoms with Crippen molar-refractivity contribution in [2.45, 2.75) is 19.4 Å². The van der Waals surface area contributed by atoms with Gasteiger partial charge in [-0.1, -0.05) is 34.8 Å². The number of likely N-dealkylation sites (tertiary alicyclic amines) is 1. The van der Waals surface area contributed by atoms with Crippen molar-refractivity contribution in [1.29, 1.82) is 0 Å². The van der Waals surface area contributed by atoms with Crippen LogP contribution in [0.3, 0.4) is 0 Å². The second-order valence-corrected chi connectivity index (χ2v) is 7.43. The van der Waals surface area contributed by atoms with Crippen LogP contribution >= 0.6 is 23.2 Å². The maximum Gasteiger partial charge on any atom is 0.410 e. The Balaban J connectivity index is 2.09. The first-order chi connectivity index (χ1) is 12.9. The van der Waals surface area contributed by atoms with E-state index in [4.69, 9.17) is 32.7 Å². The van der Waals surface area contributed by atoms with Crippen molar-refractivity contribution in [3.63, 3.8) is 0 Å². The molecule has 1 aromatic rings. The lowest BCUT2D eigenvalue weighted by atomic mass is 9.77. The lowest BCUT2D eigenvalue weighted by molar-refractivity contribution is -0.142. The molecule has 1 amide bonds. The Hall–Kier alpha value is -2.05. The Kier molecular flexibility index (Phi) is 5.77. The number of halogens is 2. The molecule has 6 nitrogen and oxygen atoms in total. The zero-order valence-electron chi connectivity index (χ0n) is 15.2. The fraction of sp³-hybridized carbons (Fsp3) is 0.421. The van der Waals surface area contributed by atoms with Crippen molar-refractivity contribution in [2.75, 3.05) is 20.8 Å². The SMILES string of the molecule is COC(=O)C[C@H]1[C@@H]2CN(C(=O)OC)[C@H]1C(=Nc1c(Cl)cccc1Cl)C=C2C. The molecule has 1 aliphatic carbocycles. The van der Waals surface area contributed by atoms with Crippen molar-refractivity contribution in [3.05, 3.63) is 39.9 Å². The first kappa shape index (κ1) is 19.7. The largest absolute Gasteiger partial charge is 0.469 e. The van der Waals surface area contributed by atoms with Crippen LogP contribution in [-0.2, 0) is 14.3 Å². The molecule has 0 radical (unpaired) electrons. The lowest BCUT2D eigenvalue weighted by Gasteiger charge is -2.31. The summed E-state index contributed by atoms with van der Waals surface area (Å²) >= 11 is 12.5. The minimum Gasteiger partial charge on any atom is -0.469 e. The summed E-state index contributed by atoms with van der Waals surface area (Å²) in [4.78, 5) is 30.6. The molecule has 8 heteroatoms. The summed E-state index contributed by atoms with van der Waals surface area (Å²) in [6.07, 6.45) is 1.66. The molecule has 1 aliphatic heterocycles. The van der Waals surface area contributed by atoms with Crippen LogP contribution in [0.2, 0.25) is 10.0 Å². The van der Waals surface area contributed by atoms with Gasteiger partial charge in [0.2, 0.25) is 0 Å². The molecular formula is C19H20Cl2N2O4. The van der Waals surface area contributed by atoms with E-state index in [0.717, 1.165) is 5.57 Å². The third-order valence-corrected chi connectivity index (χ3v) is 5.74. The molecule has 1 saturated heterocycles. The van der Waals surface area contributed by atoms with Gasteiger partial charge in [0.1, 0.15) is 5.69 Å². The number of benzene rings is 1. The Morgan fingerprint density at radius 1 is 1.22 bits per heavy atom. The highest BCUT2D eigenvalue weighted by Crippen LogP contribution is 2.43. The number of para-hydroxylation sites is 1. The highest BCUT2D eigenvalue weighted by molar-refractivity contribution is 6.39. The number of rotatable bonds is 3. The Bertz CT molecular complexity index is 817. The van der Waals surface area contributed by atoms with Crippen LogP contribution < -0.4 is 0 Å². The molecular weight excluding hydrogens is 391 g/mol. The third-order valence-electron chi connectivity index (χ3n) is 5.13. The van der Waals surface area contributed by atoms with E-state index in [9.17, 15) is 9.59 Å². The number of hydrogen-bond donors (Lipinski definition) is 0. The fourth-order valence-corrected chi connectivity index (χ4v) is 4.34. The molecule has 2 bridgehead atoms. The Morgan fingerprint density at radius 3 is 2.48 bits per heavy atom. The van der Waals surface area contributed by atoms with E-state index < -0.39 is 12.1 Å². The smallest absolute Gasteiger partial charge is 0.410 e. The van der Waals surface area contributed by atoms with Crippen LogP contribution in [-0.4, -0.2) is 49.5 Å². The summed E-state index contributed by atoms with van der Waals surface area (Å²) in [7, 11) is 2.69. The quantitative estimate of drug-likeness (QED) is 0.697. The van der Waals surface area contributed by atoms with Crippen LogP contribution in [0, 0.1) is 11.8 Å². The van der Waals surface area contributed by atoms with E-state index in [0.29, 0.717) is 28.0 Å². The van der Waals surface area contributed by atoms with E-state index in [2.05, 4.69) is 4.99 Å². The van der Waals surface area contributed by atoms with Gasteiger partial charge in [-0.15, -0.1) is 0 Å². The molecule has 3 rings (SSSR count). The molecule has 3 atom stereocenters. The number of hydrogen-bond acceptors (Lipinski definition) is 5. The number of carbonyl (C=O) groups is 2. The van der Waals surface area contributed by atoms with Gasteiger partial charge < -0.3 is 9.47 Å². The van der Waals surface area contributed by atoms with Gasteiger partial charge in [-0.3, -0.25) is 9.69 Å². The van der Waals surface area contributed by atoms with Gasteiger partial charge in [0.25, 0.3) is 0 Å². The summed E-state index contributed by atoms with van der Waals surface area (Å²) in [5.41, 5.74) is 2.09. The lowest BCUT2D eigenvalue weighted by Crippen LogP contribution is -2.44. The first-order valence-electron chi connectivity index (χ1n) is 8.49. The van der Waals surface area contributed by atoms with Crippen molar-refractivity contribution in [3.8, 4) is 0 Å². The van der Waals surface area contributed by atoms with E-state index in [1.165, 1.54) is 14.2 Å². The number of fused-ring (bicyclic) bond motifs is 2. The van der Waals surface area contributed by atoms with Gasteiger partial charge in [-0.25, -0.2) is 9.79 Å². The number of methoxy groups -OCH3 is 2. The Labute approximate surface area is 167 Å². The van der Waals surface area contributed by atoms with Crippen molar-refractivity contribution in [1.82, 2.24) is 4.90 Å². The normalized spacial score (nSPS) is 25.4. The monoisotopic (exact) mass is 410 g/mol. The summed E-state index contributed by atoms with van der Waals surface area (Å²) in [6, 6.07) is 4.72. The van der Waals surface area contributed by atoms with Gasteiger partial charge in [0.15, 0.2) is 0 Å². The van der Waals surface area contributed by atoms with E-state index in [1.807, 2.05) is 13.0 Å². The van der Waals surface area contributed by atoms with Crippen molar-refractivity contribution >= 4 is 46.7 Å². The summed E-state index contributed by atoms with van der Waals surface area (Å²) in [5, 5.41) is 0.825. The topological polar surface area (TPSA) is 68.2 Å². The molecule has 144 valence electrons. The van der Waals surface area contributed by atoms with E-state index in [-0.39, 0.29) is 24.2 Å². The van der Waals surface area contributed by atoms with E-state index >= 15 is 0 Å². The summed E-state index contributed by atoms with van der Waals surface area (Å²) in [5.74, 6) is -0.443. The molecule has 0 unspecified atom stereocenters. The zero-order chi connectivity index (χ0) is 19.7. The highest BCUT2D eigenvalue weighted by atomic mass is 35.5. The molecule has 1 aromatic carbocycles. The van der Waals surface area contributed by atoms with Crippen LogP contribution in [0.1, 0.15) is 13.3 Å². The average Bonchev–Trinajstić information content (AvgIpc) is 2.94. The number of ether oxygens (including phenoxy) is 2. The molecule has 0 aromatic heterocycles. The second-order valence-electron chi connectivity index (χ2n) is 6.61. The minimum absolute atomic E-state index is 0.0360. The predicted octanol–water partition coefficient (Wildman–Crippen LogP) is 4.27. The maximum absolute atomic E-state index is 12.4. The molecule has 27 heavy (non-hydrogen) atoms. The highest BCUT2D eigenvalue weighted by Gasteiger charge is 2.50. The van der Waals surface area contributed by atoms with Gasteiger partial charge >= 0.3 is 12.1 Å². The first-order valence-corrected chi connectivity index (χ1v) is 9.25. The van der Waals surface area contributed by atoms with Crippen LogP contribution in [0.25, 0.3) is 0 Å². The van der Waals surface area contributed by atoms with Gasteiger partial charge in [0.05, 0.1) is 42.4 Å². The second kappa shape index (κ2) is 7.90. The number of esters is 1. The predicted molar refractivity (Wildman–Crippen MR) is 104 cm³/mol. The molecule has 0 spiro atoms. The zero-order valence-corrected chi connectivity index (χ0v) is 16.8. The number of aliphatic imine (C=N–C) groups is 1. The fourth-order valence-electron chi connectivity index (χ4n) is 3.86. The minimum atomic E-state index is -0.460. The van der Waals surface area contributed by atoms with Crippen LogP contribution in [0.15, 0.2) is 34.8 Å². The number of nitrogens with zero attached hydrogens (tertiary/aromatic N) is 2. The average molecular weight is 411 g/mol. The van der Waals surface area contributed by atoms with Crippen LogP contribution in [0.5, 0.6) is 0 Å². The molecule has 1 fully saturated rings.